The Bertz CT molecular complexity index is 24.8. The number of alkyl halides is 1. The van der Waals surface area contributed by atoms with Gasteiger partial charge < -0.3 is 5.11 Å². The van der Waals surface area contributed by atoms with Gasteiger partial charge in [0.25, 0.3) is 0 Å². The quantitative estimate of drug-likeness (QED) is 0.594. The third kappa shape index (κ3) is 8.83. The van der Waals surface area contributed by atoms with Crippen LogP contribution in [-0.2, 0) is 0 Å². The monoisotopic (exact) mass is 174 g/mol. The third-order valence-electron chi connectivity index (χ3n) is 0.252. The van der Waals surface area contributed by atoms with Crippen LogP contribution in [0.1, 0.15) is 6.92 Å². The fourth-order valence-electron chi connectivity index (χ4n) is 0. The van der Waals surface area contributed by atoms with Crippen LogP contribution in [0.4, 0.5) is 0 Å². The van der Waals surface area contributed by atoms with E-state index in [0.29, 0.717) is 0 Å². The molecular weight excluding hydrogens is 167 g/mol. The highest BCUT2D eigenvalue weighted by Crippen LogP contribution is 1.91. The average Bonchev–Trinajstić information content (AvgIpc) is 1.38. The van der Waals surface area contributed by atoms with E-state index in [1.165, 1.54) is 0 Å². The Hall–Kier alpha value is 0.730. The zero-order valence-electron chi connectivity index (χ0n) is 3.52. The summed E-state index contributed by atoms with van der Waals surface area (Å²) in [6.07, 6.45) is 0. The molecule has 40 valence electrons. The van der Waals surface area contributed by atoms with E-state index in [0.717, 1.165) is 0 Å². The summed E-state index contributed by atoms with van der Waals surface area (Å²) in [5.41, 5.74) is 0. The second-order valence-corrected chi connectivity index (χ2v) is 2.53. The van der Waals surface area contributed by atoms with Gasteiger partial charge in [0, 0.05) is 4.83 Å². The van der Waals surface area contributed by atoms with E-state index in [-0.39, 0.29) is 23.8 Å². The number of halogens is 2. The molecule has 1 nitrogen and oxygen atoms in total. The molecule has 0 bridgehead atoms. The molecule has 0 saturated carbocycles. The Labute approximate surface area is 52.3 Å². The first-order valence-corrected chi connectivity index (χ1v) is 2.44. The zero-order valence-corrected chi connectivity index (χ0v) is 5.92. The Kier molecular flexibility index (Phi) is 9.43. The Morgan fingerprint density at radius 3 is 2.00 bits per heavy atom. The minimum Gasteiger partial charge on any atom is -0.395 e. The van der Waals surface area contributed by atoms with Crippen molar-refractivity contribution in [2.75, 3.05) is 6.61 Å². The van der Waals surface area contributed by atoms with Crippen LogP contribution in [-0.4, -0.2) is 16.5 Å². The molecule has 0 fully saturated rings. The molecule has 0 aromatic rings. The standard InChI is InChI=1S/C3H7BrO.ClH/c1-3(4)2-5;/h3,5H,2H2,1H3;1H. The van der Waals surface area contributed by atoms with Crippen LogP contribution in [0.25, 0.3) is 0 Å². The van der Waals surface area contributed by atoms with Crippen LogP contribution in [0.5, 0.6) is 0 Å². The van der Waals surface area contributed by atoms with E-state index < -0.39 is 0 Å². The predicted octanol–water partition coefficient (Wildman–Crippen LogP) is 1.18. The highest BCUT2D eigenvalue weighted by molar-refractivity contribution is 9.09. The molecule has 0 aliphatic heterocycles. The Morgan fingerprint density at radius 2 is 2.00 bits per heavy atom. The minimum absolute atomic E-state index is 0. The summed E-state index contributed by atoms with van der Waals surface area (Å²) in [5, 5.41) is 8.10. The predicted molar refractivity (Wildman–Crippen MR) is 32.7 cm³/mol. The van der Waals surface area contributed by atoms with Gasteiger partial charge in [-0.15, -0.1) is 12.4 Å². The van der Waals surface area contributed by atoms with E-state index in [1.54, 1.807) is 0 Å². The van der Waals surface area contributed by atoms with Crippen molar-refractivity contribution in [1.82, 2.24) is 0 Å². The van der Waals surface area contributed by atoms with Crippen LogP contribution < -0.4 is 0 Å². The summed E-state index contributed by atoms with van der Waals surface area (Å²) >= 11 is 3.12. The molecule has 1 unspecified atom stereocenters. The first kappa shape index (κ1) is 9.88. The molecule has 0 aromatic heterocycles. The maximum Gasteiger partial charge on any atom is 0.0553 e. The van der Waals surface area contributed by atoms with Gasteiger partial charge in [-0.2, -0.15) is 0 Å². The third-order valence-corrected chi connectivity index (χ3v) is 0.541. The highest BCUT2D eigenvalue weighted by atomic mass is 79.9. The summed E-state index contributed by atoms with van der Waals surface area (Å²) in [4.78, 5) is 0.252. The van der Waals surface area contributed by atoms with Crippen LogP contribution in [0.2, 0.25) is 0 Å². The van der Waals surface area contributed by atoms with Gasteiger partial charge in [-0.05, 0) is 0 Å². The molecule has 6 heavy (non-hydrogen) atoms. The number of aliphatic hydroxyl groups excluding tert-OH is 1. The molecule has 0 aliphatic carbocycles. The average molecular weight is 175 g/mol. The van der Waals surface area contributed by atoms with Crippen molar-refractivity contribution in [1.29, 1.82) is 0 Å². The zero-order chi connectivity index (χ0) is 4.28. The lowest BCUT2D eigenvalue weighted by molar-refractivity contribution is 0.302. The lowest BCUT2D eigenvalue weighted by Gasteiger charge is -1.87. The van der Waals surface area contributed by atoms with Crippen molar-refractivity contribution in [3.63, 3.8) is 0 Å². The van der Waals surface area contributed by atoms with E-state index in [9.17, 15) is 0 Å². The Morgan fingerprint density at radius 1 is 1.83 bits per heavy atom. The van der Waals surface area contributed by atoms with Crippen molar-refractivity contribution < 1.29 is 5.11 Å². The topological polar surface area (TPSA) is 20.2 Å². The summed E-state index contributed by atoms with van der Waals surface area (Å²) in [6, 6.07) is 0. The summed E-state index contributed by atoms with van der Waals surface area (Å²) in [6.45, 7) is 2.11. The van der Waals surface area contributed by atoms with Gasteiger partial charge in [-0.1, -0.05) is 22.9 Å². The smallest absolute Gasteiger partial charge is 0.0553 e. The normalized spacial score (nSPS) is 12.5. The molecule has 1 N–H and O–H groups in total. The van der Waals surface area contributed by atoms with Crippen molar-refractivity contribution >= 4 is 28.3 Å². The highest BCUT2D eigenvalue weighted by Gasteiger charge is 1.84. The SMILES string of the molecule is CC(Br)CO.Cl. The number of hydrogen-bond acceptors (Lipinski definition) is 1. The second-order valence-electron chi connectivity index (χ2n) is 0.963. The molecule has 0 amide bonds. The molecule has 0 radical (unpaired) electrons. The first-order valence-electron chi connectivity index (χ1n) is 1.52. The molecule has 0 rings (SSSR count). The number of hydrogen-bond donors (Lipinski definition) is 1. The van der Waals surface area contributed by atoms with E-state index in [4.69, 9.17) is 5.11 Å². The van der Waals surface area contributed by atoms with E-state index in [2.05, 4.69) is 15.9 Å². The Balaban J connectivity index is 0. The van der Waals surface area contributed by atoms with Gasteiger partial charge in [-0.3, -0.25) is 0 Å². The fraction of sp³-hybridized carbons (Fsp3) is 1.00. The van der Waals surface area contributed by atoms with Crippen molar-refractivity contribution in [2.24, 2.45) is 0 Å². The van der Waals surface area contributed by atoms with Crippen LogP contribution >= 0.6 is 28.3 Å². The van der Waals surface area contributed by atoms with Gasteiger partial charge in [0.1, 0.15) is 0 Å². The lowest BCUT2D eigenvalue weighted by Crippen LogP contribution is -1.93. The number of aliphatic hydroxyl groups is 1. The van der Waals surface area contributed by atoms with Crippen LogP contribution in [0.15, 0.2) is 0 Å². The molecule has 1 atom stereocenters. The lowest BCUT2D eigenvalue weighted by atomic mass is 10.5. The molecule has 0 aromatic carbocycles. The van der Waals surface area contributed by atoms with Crippen molar-refractivity contribution in [2.45, 2.75) is 11.8 Å². The molecular formula is C3H8BrClO. The molecule has 0 saturated heterocycles. The van der Waals surface area contributed by atoms with Crippen LogP contribution in [0, 0.1) is 0 Å². The summed E-state index contributed by atoms with van der Waals surface area (Å²) in [7, 11) is 0. The maximum absolute atomic E-state index is 8.10. The largest absolute Gasteiger partial charge is 0.395 e. The molecule has 0 aliphatic rings. The van der Waals surface area contributed by atoms with Crippen molar-refractivity contribution in [3.8, 4) is 0 Å². The summed E-state index contributed by atoms with van der Waals surface area (Å²) < 4.78 is 0. The maximum atomic E-state index is 8.10. The van der Waals surface area contributed by atoms with Gasteiger partial charge >= 0.3 is 0 Å². The van der Waals surface area contributed by atoms with E-state index in [1.807, 2.05) is 6.92 Å². The van der Waals surface area contributed by atoms with Crippen LogP contribution in [0.3, 0.4) is 0 Å². The van der Waals surface area contributed by atoms with Gasteiger partial charge in [0.15, 0.2) is 0 Å². The van der Waals surface area contributed by atoms with Gasteiger partial charge in [0.2, 0.25) is 0 Å². The van der Waals surface area contributed by atoms with Gasteiger partial charge in [-0.25, -0.2) is 0 Å². The minimum atomic E-state index is 0. The number of rotatable bonds is 1. The molecule has 0 heterocycles. The van der Waals surface area contributed by atoms with E-state index >= 15 is 0 Å². The second kappa shape index (κ2) is 5.73. The van der Waals surface area contributed by atoms with Gasteiger partial charge in [0.05, 0.1) is 6.61 Å². The fourth-order valence-corrected chi connectivity index (χ4v) is 0. The summed E-state index contributed by atoms with van der Waals surface area (Å²) in [5.74, 6) is 0. The molecule has 0 spiro atoms. The first-order chi connectivity index (χ1) is 2.27. The van der Waals surface area contributed by atoms with Crippen molar-refractivity contribution in [3.05, 3.63) is 0 Å². The molecule has 3 heteroatoms.